The highest BCUT2D eigenvalue weighted by atomic mass is 16.2. The Balaban J connectivity index is 1.87. The Hall–Kier alpha value is -2.63. The molecule has 136 valence electrons. The van der Waals surface area contributed by atoms with Gasteiger partial charge in [0.05, 0.1) is 5.39 Å². The molecule has 0 spiro atoms. The average Bonchev–Trinajstić information content (AvgIpc) is 2.99. The molecule has 6 heteroatoms. The Morgan fingerprint density at radius 3 is 2.88 bits per heavy atom. The van der Waals surface area contributed by atoms with E-state index in [2.05, 4.69) is 11.9 Å². The van der Waals surface area contributed by atoms with Crippen LogP contribution in [-0.2, 0) is 7.05 Å². The molecule has 0 radical (unpaired) electrons. The van der Waals surface area contributed by atoms with E-state index in [9.17, 15) is 9.59 Å². The minimum Gasteiger partial charge on any atom is -0.334 e. The van der Waals surface area contributed by atoms with Crippen molar-refractivity contribution in [3.63, 3.8) is 0 Å². The number of rotatable bonds is 2. The van der Waals surface area contributed by atoms with Gasteiger partial charge in [0.2, 0.25) is 0 Å². The third-order valence-electron chi connectivity index (χ3n) is 5.52. The van der Waals surface area contributed by atoms with Crippen LogP contribution in [0, 0.1) is 6.92 Å². The van der Waals surface area contributed by atoms with Gasteiger partial charge in [0.25, 0.3) is 11.5 Å². The molecule has 4 rings (SSSR count). The van der Waals surface area contributed by atoms with E-state index in [4.69, 9.17) is 0 Å². The number of hydrogen-bond acceptors (Lipinski definition) is 3. The maximum absolute atomic E-state index is 13.2. The summed E-state index contributed by atoms with van der Waals surface area (Å²) in [4.78, 5) is 32.7. The van der Waals surface area contributed by atoms with E-state index in [1.165, 1.54) is 6.42 Å². The quantitative estimate of drug-likeness (QED) is 0.712. The summed E-state index contributed by atoms with van der Waals surface area (Å²) in [5.41, 5.74) is 2.56. The Bertz CT molecular complexity index is 1060. The Kier molecular flexibility index (Phi) is 4.05. The SMILES string of the molecule is CC[C@@H]1CCCCN1C(=O)c1cc2c(=O)n3cc(C)ccc3nc2n1C. The zero-order valence-electron chi connectivity index (χ0n) is 15.5. The van der Waals surface area contributed by atoms with Gasteiger partial charge in [-0.15, -0.1) is 0 Å². The largest absolute Gasteiger partial charge is 0.334 e. The number of carbonyl (C=O) groups is 1. The summed E-state index contributed by atoms with van der Waals surface area (Å²) >= 11 is 0. The first-order valence-electron chi connectivity index (χ1n) is 9.30. The van der Waals surface area contributed by atoms with Gasteiger partial charge in [-0.1, -0.05) is 13.0 Å². The highest BCUT2D eigenvalue weighted by Crippen LogP contribution is 2.24. The van der Waals surface area contributed by atoms with Gasteiger partial charge in [0.15, 0.2) is 0 Å². The van der Waals surface area contributed by atoms with Crippen molar-refractivity contribution in [2.24, 2.45) is 7.05 Å². The molecular formula is C20H24N4O2. The molecule has 1 atom stereocenters. The molecule has 1 aliphatic rings. The van der Waals surface area contributed by atoms with Crippen molar-refractivity contribution in [3.8, 4) is 0 Å². The van der Waals surface area contributed by atoms with E-state index >= 15 is 0 Å². The summed E-state index contributed by atoms with van der Waals surface area (Å²) in [6.45, 7) is 4.85. The summed E-state index contributed by atoms with van der Waals surface area (Å²) in [6.07, 6.45) is 6.01. The van der Waals surface area contributed by atoms with Crippen LogP contribution in [0.2, 0.25) is 0 Å². The van der Waals surface area contributed by atoms with Crippen molar-refractivity contribution in [3.05, 3.63) is 46.0 Å². The summed E-state index contributed by atoms with van der Waals surface area (Å²) in [7, 11) is 1.82. The Morgan fingerprint density at radius 1 is 1.31 bits per heavy atom. The topological polar surface area (TPSA) is 59.6 Å². The first-order chi connectivity index (χ1) is 12.5. The van der Waals surface area contributed by atoms with E-state index in [0.29, 0.717) is 22.4 Å². The maximum Gasteiger partial charge on any atom is 0.270 e. The van der Waals surface area contributed by atoms with Crippen LogP contribution in [0.5, 0.6) is 0 Å². The summed E-state index contributed by atoms with van der Waals surface area (Å²) in [5, 5.41) is 0.490. The van der Waals surface area contributed by atoms with Crippen molar-refractivity contribution in [2.75, 3.05) is 6.54 Å². The molecule has 6 nitrogen and oxygen atoms in total. The highest BCUT2D eigenvalue weighted by Gasteiger charge is 2.28. The number of amides is 1. The molecule has 1 amide bonds. The predicted octanol–water partition coefficient (Wildman–Crippen LogP) is 2.90. The van der Waals surface area contributed by atoms with E-state index in [1.54, 1.807) is 21.2 Å². The van der Waals surface area contributed by atoms with Crippen LogP contribution in [0.1, 0.15) is 48.7 Å². The lowest BCUT2D eigenvalue weighted by molar-refractivity contribution is 0.0598. The third-order valence-corrected chi connectivity index (χ3v) is 5.52. The lowest BCUT2D eigenvalue weighted by Crippen LogP contribution is -2.43. The number of nitrogens with zero attached hydrogens (tertiary/aromatic N) is 4. The second-order valence-corrected chi connectivity index (χ2v) is 7.23. The second-order valence-electron chi connectivity index (χ2n) is 7.23. The summed E-state index contributed by atoms with van der Waals surface area (Å²) in [6, 6.07) is 5.76. The van der Waals surface area contributed by atoms with E-state index in [0.717, 1.165) is 31.4 Å². The summed E-state index contributed by atoms with van der Waals surface area (Å²) < 4.78 is 3.32. The maximum atomic E-state index is 13.2. The molecule has 1 aliphatic heterocycles. The zero-order chi connectivity index (χ0) is 18.4. The average molecular weight is 352 g/mol. The van der Waals surface area contributed by atoms with Gasteiger partial charge in [-0.05, 0) is 50.3 Å². The molecule has 0 N–H and O–H groups in total. The first-order valence-corrected chi connectivity index (χ1v) is 9.30. The normalized spacial score (nSPS) is 18.0. The number of aromatic nitrogens is 3. The molecule has 0 aliphatic carbocycles. The second kappa shape index (κ2) is 6.27. The fourth-order valence-corrected chi connectivity index (χ4v) is 4.02. The molecular weight excluding hydrogens is 328 g/mol. The Morgan fingerprint density at radius 2 is 2.12 bits per heavy atom. The molecule has 3 aromatic rings. The van der Waals surface area contributed by atoms with Gasteiger partial charge in [0, 0.05) is 25.8 Å². The van der Waals surface area contributed by atoms with Crippen LogP contribution in [0.4, 0.5) is 0 Å². The summed E-state index contributed by atoms with van der Waals surface area (Å²) in [5.74, 6) is 0.00156. The van der Waals surface area contributed by atoms with Crippen LogP contribution < -0.4 is 5.56 Å². The number of hydrogen-bond donors (Lipinski definition) is 0. The van der Waals surface area contributed by atoms with Crippen molar-refractivity contribution in [1.82, 2.24) is 18.9 Å². The lowest BCUT2D eigenvalue weighted by Gasteiger charge is -2.35. The van der Waals surface area contributed by atoms with Crippen LogP contribution in [0.25, 0.3) is 16.7 Å². The minimum atomic E-state index is -0.131. The molecule has 0 aromatic carbocycles. The number of aryl methyl sites for hydroxylation is 2. The van der Waals surface area contributed by atoms with Gasteiger partial charge < -0.3 is 9.47 Å². The van der Waals surface area contributed by atoms with Gasteiger partial charge in [-0.2, -0.15) is 0 Å². The smallest absolute Gasteiger partial charge is 0.270 e. The molecule has 0 bridgehead atoms. The third kappa shape index (κ3) is 2.52. The van der Waals surface area contributed by atoms with Crippen LogP contribution in [0.3, 0.4) is 0 Å². The monoisotopic (exact) mass is 352 g/mol. The van der Waals surface area contributed by atoms with E-state index < -0.39 is 0 Å². The highest BCUT2D eigenvalue weighted by molar-refractivity contribution is 5.98. The minimum absolute atomic E-state index is 0.00156. The molecule has 1 fully saturated rings. The van der Waals surface area contributed by atoms with Crippen LogP contribution in [-0.4, -0.2) is 37.3 Å². The number of likely N-dealkylation sites (tertiary alicyclic amines) is 1. The van der Waals surface area contributed by atoms with Gasteiger partial charge in [-0.3, -0.25) is 14.0 Å². The molecule has 0 unspecified atom stereocenters. The number of pyridine rings is 1. The fourth-order valence-electron chi connectivity index (χ4n) is 4.02. The molecule has 26 heavy (non-hydrogen) atoms. The standard InChI is InChI=1S/C20H24N4O2/c1-4-14-7-5-6-10-23(14)20(26)16-11-15-18(22(16)3)21-17-9-8-13(2)12-24(17)19(15)25/h8-9,11-12,14H,4-7,10H2,1-3H3/t14-/m1/s1. The number of fused-ring (bicyclic) bond motifs is 2. The molecule has 0 saturated carbocycles. The van der Waals surface area contributed by atoms with Crippen molar-refractivity contribution in [2.45, 2.75) is 45.6 Å². The van der Waals surface area contributed by atoms with Gasteiger partial charge >= 0.3 is 0 Å². The van der Waals surface area contributed by atoms with Crippen molar-refractivity contribution >= 4 is 22.6 Å². The zero-order valence-corrected chi connectivity index (χ0v) is 15.5. The van der Waals surface area contributed by atoms with E-state index in [-0.39, 0.29) is 17.5 Å². The molecule has 4 heterocycles. The first kappa shape index (κ1) is 16.8. The van der Waals surface area contributed by atoms with Crippen molar-refractivity contribution in [1.29, 1.82) is 0 Å². The van der Waals surface area contributed by atoms with E-state index in [1.807, 2.05) is 31.0 Å². The van der Waals surface area contributed by atoms with Gasteiger partial charge in [0.1, 0.15) is 17.0 Å². The molecule has 1 saturated heterocycles. The van der Waals surface area contributed by atoms with Crippen LogP contribution >= 0.6 is 0 Å². The fraction of sp³-hybridized carbons (Fsp3) is 0.450. The van der Waals surface area contributed by atoms with Crippen molar-refractivity contribution < 1.29 is 4.79 Å². The Labute approximate surface area is 152 Å². The number of piperidine rings is 1. The predicted molar refractivity (Wildman–Crippen MR) is 102 cm³/mol. The number of carbonyl (C=O) groups excluding carboxylic acids is 1. The van der Waals surface area contributed by atoms with Crippen LogP contribution in [0.15, 0.2) is 29.2 Å². The van der Waals surface area contributed by atoms with Gasteiger partial charge in [-0.25, -0.2) is 4.98 Å². The lowest BCUT2D eigenvalue weighted by atomic mass is 9.99. The molecule has 3 aromatic heterocycles.